The number of carbonyl (C=O) groups is 1. The summed E-state index contributed by atoms with van der Waals surface area (Å²) >= 11 is 11.9. The first-order chi connectivity index (χ1) is 9.08. The molecule has 4 heteroatoms. The van der Waals surface area contributed by atoms with Gasteiger partial charge in [-0.3, -0.25) is 4.79 Å². The number of benzene rings is 1. The molecule has 3 rings (SSSR count). The monoisotopic (exact) mass is 298 g/mol. The molecule has 2 nitrogen and oxygen atoms in total. The lowest BCUT2D eigenvalue weighted by atomic mass is 9.70. The molecule has 1 spiro atoms. The van der Waals surface area contributed by atoms with Crippen LogP contribution >= 0.6 is 23.2 Å². The molecule has 0 bridgehead atoms. The van der Waals surface area contributed by atoms with Crippen LogP contribution in [0.5, 0.6) is 0 Å². The van der Waals surface area contributed by atoms with Crippen LogP contribution in [0, 0.1) is 5.92 Å². The van der Waals surface area contributed by atoms with Gasteiger partial charge in [-0.15, -0.1) is 0 Å². The number of carbonyl (C=O) groups excluding carboxylic acids is 1. The highest BCUT2D eigenvalue weighted by molar-refractivity contribution is 6.35. The van der Waals surface area contributed by atoms with Crippen molar-refractivity contribution in [3.05, 3.63) is 33.8 Å². The van der Waals surface area contributed by atoms with Crippen molar-refractivity contribution in [2.45, 2.75) is 37.7 Å². The molecule has 1 saturated heterocycles. The van der Waals surface area contributed by atoms with Gasteiger partial charge in [0, 0.05) is 28.1 Å². The Morgan fingerprint density at radius 2 is 1.89 bits per heavy atom. The zero-order chi connectivity index (χ0) is 13.5. The quantitative estimate of drug-likeness (QED) is 0.750. The molecule has 102 valence electrons. The Morgan fingerprint density at radius 1 is 1.21 bits per heavy atom. The van der Waals surface area contributed by atoms with Gasteiger partial charge in [0.2, 0.25) is 0 Å². The van der Waals surface area contributed by atoms with Gasteiger partial charge in [0.25, 0.3) is 0 Å². The molecule has 1 saturated carbocycles. The Hall–Kier alpha value is -0.570. The minimum absolute atomic E-state index is 0.0130. The standard InChI is InChI=1S/C15H16Cl2O2/c16-12-6-11(7-13(17)8-12)14(18)10-2-5-19-15(9-10)3-1-4-15/h6-8,10H,1-5,9H2. The average molecular weight is 299 g/mol. The van der Waals surface area contributed by atoms with Gasteiger partial charge in [0.1, 0.15) is 0 Å². The number of hydrogen-bond donors (Lipinski definition) is 0. The maximum atomic E-state index is 12.6. The van der Waals surface area contributed by atoms with Crippen molar-refractivity contribution >= 4 is 29.0 Å². The molecule has 0 radical (unpaired) electrons. The zero-order valence-corrected chi connectivity index (χ0v) is 12.1. The molecule has 1 aliphatic heterocycles. The first kappa shape index (κ1) is 13.4. The summed E-state index contributed by atoms with van der Waals surface area (Å²) in [4.78, 5) is 12.6. The molecule has 1 aromatic rings. The summed E-state index contributed by atoms with van der Waals surface area (Å²) in [6.45, 7) is 0.685. The topological polar surface area (TPSA) is 26.3 Å². The third kappa shape index (κ3) is 2.67. The smallest absolute Gasteiger partial charge is 0.166 e. The van der Waals surface area contributed by atoms with E-state index in [1.165, 1.54) is 6.42 Å². The van der Waals surface area contributed by atoms with Crippen molar-refractivity contribution in [1.29, 1.82) is 0 Å². The molecule has 0 amide bonds. The van der Waals surface area contributed by atoms with Crippen molar-refractivity contribution in [2.75, 3.05) is 6.61 Å². The highest BCUT2D eigenvalue weighted by Gasteiger charge is 2.44. The molecular formula is C15H16Cl2O2. The number of Topliss-reactive ketones (excluding diaryl/α,β-unsaturated/α-hetero) is 1. The summed E-state index contributed by atoms with van der Waals surface area (Å²) in [5, 5.41) is 1.03. The van der Waals surface area contributed by atoms with E-state index in [2.05, 4.69) is 0 Å². The molecule has 0 N–H and O–H groups in total. The summed E-state index contributed by atoms with van der Waals surface area (Å²) < 4.78 is 5.86. The lowest BCUT2D eigenvalue weighted by Gasteiger charge is -2.46. The Kier molecular flexibility index (Phi) is 3.59. The van der Waals surface area contributed by atoms with Gasteiger partial charge >= 0.3 is 0 Å². The summed E-state index contributed by atoms with van der Waals surface area (Å²) in [5.41, 5.74) is 0.611. The average Bonchev–Trinajstić information content (AvgIpc) is 2.35. The van der Waals surface area contributed by atoms with E-state index in [4.69, 9.17) is 27.9 Å². The van der Waals surface area contributed by atoms with Crippen LogP contribution in [0.25, 0.3) is 0 Å². The second-order valence-electron chi connectivity index (χ2n) is 5.60. The van der Waals surface area contributed by atoms with Crippen molar-refractivity contribution in [2.24, 2.45) is 5.92 Å². The van der Waals surface area contributed by atoms with Crippen LogP contribution in [-0.4, -0.2) is 18.0 Å². The Morgan fingerprint density at radius 3 is 2.47 bits per heavy atom. The molecule has 0 aromatic heterocycles. The number of ketones is 1. The van der Waals surface area contributed by atoms with Crippen LogP contribution < -0.4 is 0 Å². The van der Waals surface area contributed by atoms with Crippen LogP contribution in [0.4, 0.5) is 0 Å². The lowest BCUT2D eigenvalue weighted by Crippen LogP contribution is -2.47. The summed E-state index contributed by atoms with van der Waals surface area (Å²) in [5.74, 6) is 0.197. The molecule has 19 heavy (non-hydrogen) atoms. The fourth-order valence-corrected chi connectivity index (χ4v) is 3.63. The second kappa shape index (κ2) is 5.08. The molecule has 1 aliphatic carbocycles. The van der Waals surface area contributed by atoms with Gasteiger partial charge < -0.3 is 4.74 Å². The first-order valence-electron chi connectivity index (χ1n) is 6.72. The Bertz CT molecular complexity index is 489. The van der Waals surface area contributed by atoms with Crippen molar-refractivity contribution in [3.63, 3.8) is 0 Å². The maximum absolute atomic E-state index is 12.6. The van der Waals surface area contributed by atoms with E-state index < -0.39 is 0 Å². The van der Waals surface area contributed by atoms with E-state index in [1.807, 2.05) is 0 Å². The van der Waals surface area contributed by atoms with Crippen molar-refractivity contribution in [3.8, 4) is 0 Å². The molecule has 2 aliphatic rings. The number of ether oxygens (including phenoxy) is 1. The summed E-state index contributed by atoms with van der Waals surface area (Å²) in [6, 6.07) is 5.06. The van der Waals surface area contributed by atoms with Crippen molar-refractivity contribution < 1.29 is 9.53 Å². The highest BCUT2D eigenvalue weighted by atomic mass is 35.5. The molecule has 1 atom stereocenters. The Balaban J connectivity index is 1.79. The van der Waals surface area contributed by atoms with Gasteiger partial charge in [-0.05, 0) is 50.3 Å². The minimum atomic E-state index is -0.0130. The lowest BCUT2D eigenvalue weighted by molar-refractivity contribution is -0.137. The minimum Gasteiger partial charge on any atom is -0.375 e. The molecule has 1 aromatic carbocycles. The van der Waals surface area contributed by atoms with Crippen LogP contribution in [0.15, 0.2) is 18.2 Å². The van der Waals surface area contributed by atoms with Crippen LogP contribution in [0.3, 0.4) is 0 Å². The molecular weight excluding hydrogens is 283 g/mol. The van der Waals surface area contributed by atoms with Gasteiger partial charge in [-0.25, -0.2) is 0 Å². The SMILES string of the molecule is O=C(c1cc(Cl)cc(Cl)c1)C1CCOC2(CCC2)C1. The van der Waals surface area contributed by atoms with E-state index in [0.717, 1.165) is 25.7 Å². The van der Waals surface area contributed by atoms with Gasteiger partial charge in [-0.2, -0.15) is 0 Å². The van der Waals surface area contributed by atoms with E-state index >= 15 is 0 Å². The highest BCUT2D eigenvalue weighted by Crippen LogP contribution is 2.45. The third-order valence-corrected chi connectivity index (χ3v) is 4.71. The Labute approximate surface area is 123 Å². The van der Waals surface area contributed by atoms with E-state index in [9.17, 15) is 4.79 Å². The molecule has 2 fully saturated rings. The zero-order valence-electron chi connectivity index (χ0n) is 10.6. The summed E-state index contributed by atoms with van der Waals surface area (Å²) in [6.07, 6.45) is 5.03. The van der Waals surface area contributed by atoms with E-state index in [1.54, 1.807) is 18.2 Å². The van der Waals surface area contributed by atoms with Crippen molar-refractivity contribution in [1.82, 2.24) is 0 Å². The second-order valence-corrected chi connectivity index (χ2v) is 6.47. The predicted molar refractivity (Wildman–Crippen MR) is 76.1 cm³/mol. The fraction of sp³-hybridized carbons (Fsp3) is 0.533. The van der Waals surface area contributed by atoms with Crippen LogP contribution in [0.1, 0.15) is 42.5 Å². The van der Waals surface area contributed by atoms with E-state index in [-0.39, 0.29) is 17.3 Å². The number of hydrogen-bond acceptors (Lipinski definition) is 2. The maximum Gasteiger partial charge on any atom is 0.166 e. The van der Waals surface area contributed by atoms with Gasteiger partial charge in [-0.1, -0.05) is 23.2 Å². The molecule has 1 heterocycles. The number of halogens is 2. The first-order valence-corrected chi connectivity index (χ1v) is 7.48. The molecule has 1 unspecified atom stereocenters. The van der Waals surface area contributed by atoms with E-state index in [0.29, 0.717) is 22.2 Å². The number of rotatable bonds is 2. The predicted octanol–water partition coefficient (Wildman–Crippen LogP) is 4.53. The largest absolute Gasteiger partial charge is 0.375 e. The van der Waals surface area contributed by atoms with Gasteiger partial charge in [0.15, 0.2) is 5.78 Å². The van der Waals surface area contributed by atoms with Crippen LogP contribution in [-0.2, 0) is 4.74 Å². The fourth-order valence-electron chi connectivity index (χ4n) is 3.10. The third-order valence-electron chi connectivity index (χ3n) is 4.28. The van der Waals surface area contributed by atoms with Gasteiger partial charge in [0.05, 0.1) is 5.60 Å². The normalized spacial score (nSPS) is 25.1. The summed E-state index contributed by atoms with van der Waals surface area (Å²) in [7, 11) is 0. The van der Waals surface area contributed by atoms with Crippen LogP contribution in [0.2, 0.25) is 10.0 Å².